The van der Waals surface area contributed by atoms with Crippen LogP contribution >= 0.6 is 11.8 Å². The van der Waals surface area contributed by atoms with E-state index in [1.54, 1.807) is 16.7 Å². The third kappa shape index (κ3) is 3.51. The number of carboxylic acids is 1. The monoisotopic (exact) mass is 373 g/mol. The fourth-order valence-electron chi connectivity index (χ4n) is 3.36. The topological polar surface area (TPSA) is 70.8 Å². The van der Waals surface area contributed by atoms with Gasteiger partial charge in [0.1, 0.15) is 0 Å². The SMILES string of the molecule is CC(C)C1(C(=O)O)CCN(C(=O)c2occc2CSc2ccccc2)C1. The van der Waals surface area contributed by atoms with Crippen LogP contribution in [-0.2, 0) is 10.5 Å². The molecule has 1 fully saturated rings. The van der Waals surface area contributed by atoms with Gasteiger partial charge in [-0.15, -0.1) is 11.8 Å². The van der Waals surface area contributed by atoms with E-state index in [0.717, 1.165) is 10.5 Å². The van der Waals surface area contributed by atoms with Crippen LogP contribution in [0, 0.1) is 11.3 Å². The molecule has 0 bridgehead atoms. The number of nitrogens with zero attached hydrogens (tertiary/aromatic N) is 1. The minimum Gasteiger partial charge on any atom is -0.481 e. The predicted molar refractivity (Wildman–Crippen MR) is 100 cm³/mol. The zero-order valence-electron chi connectivity index (χ0n) is 15.0. The highest BCUT2D eigenvalue weighted by molar-refractivity contribution is 7.98. The Morgan fingerprint density at radius 1 is 1.27 bits per heavy atom. The van der Waals surface area contributed by atoms with Crippen molar-refractivity contribution in [1.29, 1.82) is 0 Å². The van der Waals surface area contributed by atoms with Gasteiger partial charge in [-0.3, -0.25) is 9.59 Å². The van der Waals surface area contributed by atoms with Crippen molar-refractivity contribution in [2.45, 2.75) is 30.9 Å². The van der Waals surface area contributed by atoms with Crippen molar-refractivity contribution in [1.82, 2.24) is 4.90 Å². The zero-order valence-corrected chi connectivity index (χ0v) is 15.8. The number of aliphatic carboxylic acids is 1. The van der Waals surface area contributed by atoms with Crippen molar-refractivity contribution >= 4 is 23.6 Å². The van der Waals surface area contributed by atoms with Gasteiger partial charge in [0.05, 0.1) is 11.7 Å². The van der Waals surface area contributed by atoms with Gasteiger partial charge in [0.15, 0.2) is 5.76 Å². The molecule has 1 amide bonds. The maximum atomic E-state index is 12.9. The van der Waals surface area contributed by atoms with Crippen molar-refractivity contribution in [3.63, 3.8) is 0 Å². The Balaban J connectivity index is 1.72. The second-order valence-electron chi connectivity index (χ2n) is 6.97. The van der Waals surface area contributed by atoms with Crippen LogP contribution in [0.1, 0.15) is 36.4 Å². The summed E-state index contributed by atoms with van der Waals surface area (Å²) in [6, 6.07) is 11.8. The molecular formula is C20H23NO4S. The summed E-state index contributed by atoms with van der Waals surface area (Å²) < 4.78 is 5.46. The van der Waals surface area contributed by atoms with E-state index in [0.29, 0.717) is 24.5 Å². The van der Waals surface area contributed by atoms with E-state index < -0.39 is 11.4 Å². The molecule has 2 heterocycles. The van der Waals surface area contributed by atoms with E-state index in [1.165, 1.54) is 6.26 Å². The Kier molecular flexibility index (Phi) is 5.41. The molecule has 0 radical (unpaired) electrons. The molecular weight excluding hydrogens is 350 g/mol. The van der Waals surface area contributed by atoms with Crippen LogP contribution in [0.15, 0.2) is 52.0 Å². The third-order valence-corrected chi connectivity index (χ3v) is 6.26. The number of amides is 1. The number of carbonyl (C=O) groups is 2. The molecule has 5 nitrogen and oxygen atoms in total. The van der Waals surface area contributed by atoms with Crippen molar-refractivity contribution in [3.8, 4) is 0 Å². The summed E-state index contributed by atoms with van der Waals surface area (Å²) in [4.78, 5) is 27.4. The average Bonchev–Trinajstić information content (AvgIpc) is 3.28. The van der Waals surface area contributed by atoms with Crippen LogP contribution < -0.4 is 0 Å². The number of likely N-dealkylation sites (tertiary alicyclic amines) is 1. The highest BCUT2D eigenvalue weighted by Gasteiger charge is 2.49. The van der Waals surface area contributed by atoms with Gasteiger partial charge in [-0.2, -0.15) is 0 Å². The molecule has 0 aliphatic carbocycles. The smallest absolute Gasteiger partial charge is 0.311 e. The molecule has 1 atom stereocenters. The first-order valence-corrected chi connectivity index (χ1v) is 9.69. The van der Waals surface area contributed by atoms with Gasteiger partial charge in [-0.05, 0) is 30.5 Å². The number of carbonyl (C=O) groups excluding carboxylic acids is 1. The van der Waals surface area contributed by atoms with Gasteiger partial charge in [0, 0.05) is 29.3 Å². The fraction of sp³-hybridized carbons (Fsp3) is 0.400. The number of rotatable bonds is 6. The molecule has 3 rings (SSSR count). The summed E-state index contributed by atoms with van der Waals surface area (Å²) in [5.41, 5.74) is -0.0393. The van der Waals surface area contributed by atoms with E-state index in [9.17, 15) is 14.7 Å². The van der Waals surface area contributed by atoms with Crippen LogP contribution in [0.2, 0.25) is 0 Å². The lowest BCUT2D eigenvalue weighted by Gasteiger charge is -2.28. The number of thioether (sulfide) groups is 1. The Labute approximate surface area is 157 Å². The minimum atomic E-state index is -0.874. The molecule has 1 aromatic heterocycles. The Hall–Kier alpha value is -2.21. The number of furan rings is 1. The first kappa shape index (κ1) is 18.6. The lowest BCUT2D eigenvalue weighted by molar-refractivity contribution is -0.150. The summed E-state index contributed by atoms with van der Waals surface area (Å²) in [6.45, 7) is 4.47. The molecule has 1 aliphatic heterocycles. The van der Waals surface area contributed by atoms with Crippen LogP contribution in [0.4, 0.5) is 0 Å². The van der Waals surface area contributed by atoms with Crippen LogP contribution in [0.5, 0.6) is 0 Å². The molecule has 6 heteroatoms. The largest absolute Gasteiger partial charge is 0.481 e. The molecule has 1 aromatic carbocycles. The molecule has 2 aromatic rings. The first-order valence-electron chi connectivity index (χ1n) is 8.71. The standard InChI is InChI=1S/C20H23NO4S/c1-14(2)20(19(23)24)9-10-21(13-20)18(22)17-15(8-11-25-17)12-26-16-6-4-3-5-7-16/h3-8,11,14H,9-10,12-13H2,1-2H3,(H,23,24). The lowest BCUT2D eigenvalue weighted by Crippen LogP contribution is -2.40. The second-order valence-corrected chi connectivity index (χ2v) is 8.02. The number of hydrogen-bond donors (Lipinski definition) is 1. The van der Waals surface area contributed by atoms with Gasteiger partial charge in [0.25, 0.3) is 5.91 Å². The van der Waals surface area contributed by atoms with E-state index in [1.807, 2.05) is 50.2 Å². The van der Waals surface area contributed by atoms with Crippen molar-refractivity contribution in [2.24, 2.45) is 11.3 Å². The lowest BCUT2D eigenvalue weighted by atomic mass is 9.76. The van der Waals surface area contributed by atoms with Gasteiger partial charge >= 0.3 is 5.97 Å². The number of benzene rings is 1. The Morgan fingerprint density at radius 2 is 2.00 bits per heavy atom. The maximum absolute atomic E-state index is 12.9. The van der Waals surface area contributed by atoms with Gasteiger partial charge in [-0.25, -0.2) is 0 Å². The molecule has 1 N–H and O–H groups in total. The number of carboxylic acid groups (broad SMARTS) is 1. The van der Waals surface area contributed by atoms with Crippen LogP contribution in [0.25, 0.3) is 0 Å². The van der Waals surface area contributed by atoms with Gasteiger partial charge < -0.3 is 14.4 Å². The van der Waals surface area contributed by atoms with E-state index in [4.69, 9.17) is 4.42 Å². The molecule has 1 aliphatic rings. The Bertz CT molecular complexity index is 786. The Morgan fingerprint density at radius 3 is 2.62 bits per heavy atom. The zero-order chi connectivity index (χ0) is 18.7. The molecule has 26 heavy (non-hydrogen) atoms. The highest BCUT2D eigenvalue weighted by atomic mass is 32.2. The summed E-state index contributed by atoms with van der Waals surface area (Å²) in [5.74, 6) is -0.144. The predicted octanol–water partition coefficient (Wildman–Crippen LogP) is 4.14. The number of hydrogen-bond acceptors (Lipinski definition) is 4. The maximum Gasteiger partial charge on any atom is 0.311 e. The van der Waals surface area contributed by atoms with E-state index in [-0.39, 0.29) is 18.4 Å². The minimum absolute atomic E-state index is 0.0393. The van der Waals surface area contributed by atoms with Crippen molar-refractivity contribution in [3.05, 3.63) is 54.0 Å². The molecule has 0 saturated carbocycles. The summed E-state index contributed by atoms with van der Waals surface area (Å²) >= 11 is 1.64. The highest BCUT2D eigenvalue weighted by Crippen LogP contribution is 2.39. The summed E-state index contributed by atoms with van der Waals surface area (Å²) in [7, 11) is 0. The fourth-order valence-corrected chi connectivity index (χ4v) is 4.26. The normalized spacial score (nSPS) is 19.9. The van der Waals surface area contributed by atoms with Gasteiger partial charge in [0.2, 0.25) is 0 Å². The molecule has 138 valence electrons. The van der Waals surface area contributed by atoms with Gasteiger partial charge in [-0.1, -0.05) is 32.0 Å². The third-order valence-electron chi connectivity index (χ3n) is 5.20. The van der Waals surface area contributed by atoms with Crippen LogP contribution in [0.3, 0.4) is 0 Å². The van der Waals surface area contributed by atoms with E-state index >= 15 is 0 Å². The van der Waals surface area contributed by atoms with E-state index in [2.05, 4.69) is 0 Å². The quantitative estimate of drug-likeness (QED) is 0.771. The van der Waals surface area contributed by atoms with Crippen molar-refractivity contribution < 1.29 is 19.1 Å². The average molecular weight is 373 g/mol. The van der Waals surface area contributed by atoms with Crippen molar-refractivity contribution in [2.75, 3.05) is 13.1 Å². The molecule has 0 spiro atoms. The molecule has 1 saturated heterocycles. The molecule has 1 unspecified atom stereocenters. The first-order chi connectivity index (χ1) is 12.4. The summed E-state index contributed by atoms with van der Waals surface area (Å²) in [6.07, 6.45) is 2.00. The second kappa shape index (κ2) is 7.58. The summed E-state index contributed by atoms with van der Waals surface area (Å²) in [5, 5.41) is 9.66. The van der Waals surface area contributed by atoms with Crippen LogP contribution in [-0.4, -0.2) is 35.0 Å².